The number of nitrogens with zero attached hydrogens (tertiary/aromatic N) is 2. The zero-order chi connectivity index (χ0) is 13.4. The van der Waals surface area contributed by atoms with Crippen molar-refractivity contribution in [1.82, 2.24) is 9.78 Å². The van der Waals surface area contributed by atoms with Gasteiger partial charge < -0.3 is 5.32 Å². The van der Waals surface area contributed by atoms with E-state index in [0.717, 1.165) is 30.0 Å². The minimum atomic E-state index is 0.105. The van der Waals surface area contributed by atoms with Crippen molar-refractivity contribution in [3.63, 3.8) is 0 Å². The molecule has 1 N–H and O–H groups in total. The van der Waals surface area contributed by atoms with Crippen LogP contribution in [0.2, 0.25) is 0 Å². The summed E-state index contributed by atoms with van der Waals surface area (Å²) in [5.74, 6) is 1.05. The first-order valence-corrected chi connectivity index (χ1v) is 6.58. The summed E-state index contributed by atoms with van der Waals surface area (Å²) in [6.07, 6.45) is 2.01. The van der Waals surface area contributed by atoms with E-state index in [4.69, 9.17) is 0 Å². The molecule has 3 rings (SSSR count). The van der Waals surface area contributed by atoms with E-state index in [1.807, 2.05) is 38.1 Å². The summed E-state index contributed by atoms with van der Waals surface area (Å²) in [6, 6.07) is 9.99. The summed E-state index contributed by atoms with van der Waals surface area (Å²) in [7, 11) is 0. The summed E-state index contributed by atoms with van der Waals surface area (Å²) in [6.45, 7) is 3.97. The molecule has 0 bridgehead atoms. The number of rotatable bonds is 3. The van der Waals surface area contributed by atoms with Gasteiger partial charge in [-0.1, -0.05) is 12.1 Å². The molecule has 0 saturated heterocycles. The van der Waals surface area contributed by atoms with Crippen molar-refractivity contribution >= 4 is 11.7 Å². The lowest BCUT2D eigenvalue weighted by Crippen LogP contribution is -2.16. The van der Waals surface area contributed by atoms with Gasteiger partial charge in [-0.3, -0.25) is 4.79 Å². The molecule has 0 aliphatic heterocycles. The quantitative estimate of drug-likeness (QED) is 0.916. The number of hydrogen-bond donors (Lipinski definition) is 1. The molecule has 1 fully saturated rings. The van der Waals surface area contributed by atoms with Gasteiger partial charge in [-0.05, 0) is 44.4 Å². The molecule has 1 heterocycles. The zero-order valence-electron chi connectivity index (χ0n) is 11.2. The van der Waals surface area contributed by atoms with Gasteiger partial charge in [0.1, 0.15) is 5.82 Å². The average Bonchev–Trinajstić information content (AvgIpc) is 3.14. The van der Waals surface area contributed by atoms with E-state index in [1.165, 1.54) is 5.56 Å². The third-order valence-corrected chi connectivity index (χ3v) is 3.28. The molecule has 4 heteroatoms. The average molecular weight is 255 g/mol. The molecule has 1 saturated carbocycles. The Bertz CT molecular complexity index is 626. The minimum absolute atomic E-state index is 0.105. The van der Waals surface area contributed by atoms with Gasteiger partial charge in [0.25, 0.3) is 0 Å². The maximum absolute atomic E-state index is 11.9. The summed E-state index contributed by atoms with van der Waals surface area (Å²) in [5.41, 5.74) is 3.04. The van der Waals surface area contributed by atoms with Gasteiger partial charge in [0.2, 0.25) is 5.91 Å². The van der Waals surface area contributed by atoms with Crippen LogP contribution in [0.1, 0.15) is 24.1 Å². The minimum Gasteiger partial charge on any atom is -0.310 e. The second kappa shape index (κ2) is 4.53. The molecule has 0 radical (unpaired) electrons. The normalized spacial score (nSPS) is 14.4. The lowest BCUT2D eigenvalue weighted by atomic mass is 10.2. The molecule has 1 aromatic carbocycles. The molecule has 0 unspecified atom stereocenters. The van der Waals surface area contributed by atoms with Crippen LogP contribution in [0.15, 0.2) is 30.3 Å². The summed E-state index contributed by atoms with van der Waals surface area (Å²) < 4.78 is 1.79. The molecule has 1 aromatic heterocycles. The van der Waals surface area contributed by atoms with Crippen molar-refractivity contribution in [2.45, 2.75) is 26.7 Å². The van der Waals surface area contributed by atoms with Crippen LogP contribution in [0.4, 0.5) is 5.82 Å². The molecule has 98 valence electrons. The van der Waals surface area contributed by atoms with Crippen molar-refractivity contribution < 1.29 is 4.79 Å². The van der Waals surface area contributed by atoms with E-state index in [0.29, 0.717) is 0 Å². The Morgan fingerprint density at radius 2 is 2.11 bits per heavy atom. The SMILES string of the molecule is Cc1cccc(-n2nc(C)cc2NC(=O)C2CC2)c1. The van der Waals surface area contributed by atoms with Crippen LogP contribution in [-0.2, 0) is 4.79 Å². The molecular weight excluding hydrogens is 238 g/mol. The molecule has 2 aromatic rings. The first kappa shape index (κ1) is 12.0. The monoisotopic (exact) mass is 255 g/mol. The van der Waals surface area contributed by atoms with Crippen molar-refractivity contribution in [2.75, 3.05) is 5.32 Å². The Balaban J connectivity index is 1.94. The van der Waals surface area contributed by atoms with Crippen LogP contribution in [-0.4, -0.2) is 15.7 Å². The number of aryl methyl sites for hydroxylation is 2. The van der Waals surface area contributed by atoms with Crippen LogP contribution >= 0.6 is 0 Å². The highest BCUT2D eigenvalue weighted by Crippen LogP contribution is 2.30. The number of carbonyl (C=O) groups excluding carboxylic acids is 1. The summed E-state index contributed by atoms with van der Waals surface area (Å²) in [5, 5.41) is 7.43. The standard InChI is InChI=1S/C15H17N3O/c1-10-4-3-5-13(8-10)18-14(9-11(2)17-18)16-15(19)12-6-7-12/h3-5,8-9,12H,6-7H2,1-2H3,(H,16,19). The molecule has 0 atom stereocenters. The van der Waals surface area contributed by atoms with E-state index >= 15 is 0 Å². The van der Waals surface area contributed by atoms with E-state index in [9.17, 15) is 4.79 Å². The lowest BCUT2D eigenvalue weighted by Gasteiger charge is -2.09. The van der Waals surface area contributed by atoms with Gasteiger partial charge in [-0.2, -0.15) is 5.10 Å². The van der Waals surface area contributed by atoms with Crippen LogP contribution in [0.3, 0.4) is 0 Å². The number of benzene rings is 1. The van der Waals surface area contributed by atoms with E-state index in [-0.39, 0.29) is 11.8 Å². The number of aromatic nitrogens is 2. The summed E-state index contributed by atoms with van der Waals surface area (Å²) >= 11 is 0. The van der Waals surface area contributed by atoms with Crippen molar-refractivity contribution in [3.05, 3.63) is 41.6 Å². The number of amides is 1. The van der Waals surface area contributed by atoms with E-state index < -0.39 is 0 Å². The highest BCUT2D eigenvalue weighted by atomic mass is 16.2. The molecule has 1 aliphatic rings. The van der Waals surface area contributed by atoms with Gasteiger partial charge in [0.15, 0.2) is 0 Å². The van der Waals surface area contributed by atoms with Gasteiger partial charge >= 0.3 is 0 Å². The first-order chi connectivity index (χ1) is 9.13. The molecule has 1 amide bonds. The number of carbonyl (C=O) groups is 1. The largest absolute Gasteiger partial charge is 0.310 e. The second-order valence-corrected chi connectivity index (χ2v) is 5.19. The molecule has 4 nitrogen and oxygen atoms in total. The Morgan fingerprint density at radius 3 is 2.79 bits per heavy atom. The zero-order valence-corrected chi connectivity index (χ0v) is 11.2. The molecule has 19 heavy (non-hydrogen) atoms. The smallest absolute Gasteiger partial charge is 0.228 e. The lowest BCUT2D eigenvalue weighted by molar-refractivity contribution is -0.117. The Morgan fingerprint density at radius 1 is 1.32 bits per heavy atom. The van der Waals surface area contributed by atoms with Gasteiger partial charge in [-0.25, -0.2) is 4.68 Å². The Labute approximate surface area is 112 Å². The maximum atomic E-state index is 11.9. The summed E-state index contributed by atoms with van der Waals surface area (Å²) in [4.78, 5) is 11.9. The second-order valence-electron chi connectivity index (χ2n) is 5.19. The number of hydrogen-bond acceptors (Lipinski definition) is 2. The Hall–Kier alpha value is -2.10. The topological polar surface area (TPSA) is 46.9 Å². The molecule has 1 aliphatic carbocycles. The third kappa shape index (κ3) is 2.52. The van der Waals surface area contributed by atoms with Crippen LogP contribution < -0.4 is 5.32 Å². The number of nitrogens with one attached hydrogen (secondary N) is 1. The fraction of sp³-hybridized carbons (Fsp3) is 0.333. The van der Waals surface area contributed by atoms with Crippen LogP contribution in [0.5, 0.6) is 0 Å². The fourth-order valence-corrected chi connectivity index (χ4v) is 2.12. The fourth-order valence-electron chi connectivity index (χ4n) is 2.12. The van der Waals surface area contributed by atoms with E-state index in [2.05, 4.69) is 16.5 Å². The highest BCUT2D eigenvalue weighted by Gasteiger charge is 2.30. The van der Waals surface area contributed by atoms with E-state index in [1.54, 1.807) is 4.68 Å². The van der Waals surface area contributed by atoms with Crippen LogP contribution in [0.25, 0.3) is 5.69 Å². The van der Waals surface area contributed by atoms with Crippen molar-refractivity contribution in [1.29, 1.82) is 0 Å². The van der Waals surface area contributed by atoms with Gasteiger partial charge in [-0.15, -0.1) is 0 Å². The van der Waals surface area contributed by atoms with Crippen molar-refractivity contribution in [2.24, 2.45) is 5.92 Å². The van der Waals surface area contributed by atoms with Gasteiger partial charge in [0.05, 0.1) is 11.4 Å². The van der Waals surface area contributed by atoms with Gasteiger partial charge in [0, 0.05) is 12.0 Å². The van der Waals surface area contributed by atoms with Crippen LogP contribution in [0, 0.1) is 19.8 Å². The predicted octanol–water partition coefficient (Wildman–Crippen LogP) is 2.84. The maximum Gasteiger partial charge on any atom is 0.228 e. The first-order valence-electron chi connectivity index (χ1n) is 6.58. The number of anilines is 1. The third-order valence-electron chi connectivity index (χ3n) is 3.28. The van der Waals surface area contributed by atoms with Crippen molar-refractivity contribution in [3.8, 4) is 5.69 Å². The predicted molar refractivity (Wildman–Crippen MR) is 74.4 cm³/mol. The Kier molecular flexibility index (Phi) is 2.85. The molecule has 0 spiro atoms. The molecular formula is C15H17N3O. The highest BCUT2D eigenvalue weighted by molar-refractivity contribution is 5.93.